The summed E-state index contributed by atoms with van der Waals surface area (Å²) in [6, 6.07) is 0.385. The molecule has 2 nitrogen and oxygen atoms in total. The zero-order valence-electron chi connectivity index (χ0n) is 8.30. The Morgan fingerprint density at radius 2 is 2.00 bits per heavy atom. The van der Waals surface area contributed by atoms with Crippen molar-refractivity contribution in [2.45, 2.75) is 32.7 Å². The van der Waals surface area contributed by atoms with Gasteiger partial charge < -0.3 is 5.32 Å². The van der Waals surface area contributed by atoms with Crippen LogP contribution in [0.2, 0.25) is 0 Å². The van der Waals surface area contributed by atoms with E-state index in [1.54, 1.807) is 0 Å². The summed E-state index contributed by atoms with van der Waals surface area (Å²) in [4.78, 5) is 11.5. The zero-order valence-corrected chi connectivity index (χ0v) is 9.12. The molecule has 0 radical (unpaired) electrons. The summed E-state index contributed by atoms with van der Waals surface area (Å²) in [7, 11) is 0. The first-order valence-corrected chi connectivity index (χ1v) is 6.20. The van der Waals surface area contributed by atoms with E-state index in [2.05, 4.69) is 19.2 Å². The number of carbonyl (C=O) groups is 1. The summed E-state index contributed by atoms with van der Waals surface area (Å²) in [6.07, 6.45) is 2.41. The standard InChI is InChI=1S/C10H17NOS/c1-7-9(12)11-8(2)10(7)3-5-13-6-4-10/h7-8H,3-6H2,1-2H3,(H,11,12). The van der Waals surface area contributed by atoms with Crippen LogP contribution < -0.4 is 5.32 Å². The lowest BCUT2D eigenvalue weighted by molar-refractivity contribution is -0.123. The molecule has 2 saturated heterocycles. The molecule has 1 N–H and O–H groups in total. The Hall–Kier alpha value is -0.180. The molecule has 0 aromatic rings. The van der Waals surface area contributed by atoms with Crippen molar-refractivity contribution in [2.24, 2.45) is 11.3 Å². The highest BCUT2D eigenvalue weighted by atomic mass is 32.2. The third-order valence-corrected chi connectivity index (χ3v) is 4.89. The number of hydrogen-bond donors (Lipinski definition) is 1. The molecule has 0 aliphatic carbocycles. The van der Waals surface area contributed by atoms with Crippen LogP contribution in [0.25, 0.3) is 0 Å². The van der Waals surface area contributed by atoms with Gasteiger partial charge in [0, 0.05) is 17.4 Å². The Morgan fingerprint density at radius 1 is 1.38 bits per heavy atom. The fourth-order valence-electron chi connectivity index (χ4n) is 2.74. The molecule has 2 unspecified atom stereocenters. The van der Waals surface area contributed by atoms with Gasteiger partial charge in [-0.2, -0.15) is 11.8 Å². The van der Waals surface area contributed by atoms with Gasteiger partial charge in [0.25, 0.3) is 0 Å². The van der Waals surface area contributed by atoms with Gasteiger partial charge in [0.15, 0.2) is 0 Å². The SMILES string of the molecule is CC1NC(=O)C(C)C12CCSCC2. The molecule has 0 aromatic heterocycles. The molecule has 1 amide bonds. The van der Waals surface area contributed by atoms with Crippen molar-refractivity contribution in [3.05, 3.63) is 0 Å². The van der Waals surface area contributed by atoms with Crippen LogP contribution in [0.1, 0.15) is 26.7 Å². The topological polar surface area (TPSA) is 29.1 Å². The van der Waals surface area contributed by atoms with Gasteiger partial charge in [-0.3, -0.25) is 4.79 Å². The van der Waals surface area contributed by atoms with Crippen LogP contribution in [-0.4, -0.2) is 23.5 Å². The van der Waals surface area contributed by atoms with Crippen LogP contribution in [-0.2, 0) is 4.79 Å². The molecule has 2 heterocycles. The fourth-order valence-corrected chi connectivity index (χ4v) is 3.99. The first-order valence-electron chi connectivity index (χ1n) is 5.05. The van der Waals surface area contributed by atoms with E-state index < -0.39 is 0 Å². The minimum absolute atomic E-state index is 0.225. The number of amides is 1. The third kappa shape index (κ3) is 1.28. The Labute approximate surface area is 83.8 Å². The Balaban J connectivity index is 2.23. The summed E-state index contributed by atoms with van der Waals surface area (Å²) in [6.45, 7) is 4.26. The highest BCUT2D eigenvalue weighted by molar-refractivity contribution is 7.99. The second-order valence-corrected chi connectivity index (χ2v) is 5.52. The highest BCUT2D eigenvalue weighted by Crippen LogP contribution is 2.47. The maximum atomic E-state index is 11.5. The summed E-state index contributed by atoms with van der Waals surface area (Å²) >= 11 is 2.02. The second kappa shape index (κ2) is 3.19. The van der Waals surface area contributed by atoms with Crippen LogP contribution in [0.15, 0.2) is 0 Å². The number of rotatable bonds is 0. The van der Waals surface area contributed by atoms with Gasteiger partial charge in [-0.15, -0.1) is 0 Å². The van der Waals surface area contributed by atoms with Gasteiger partial charge in [0.05, 0.1) is 0 Å². The molecule has 0 saturated carbocycles. The van der Waals surface area contributed by atoms with E-state index in [9.17, 15) is 4.79 Å². The minimum atomic E-state index is 0.225. The quantitative estimate of drug-likeness (QED) is 0.643. The molecular weight excluding hydrogens is 182 g/mol. The van der Waals surface area contributed by atoms with E-state index in [1.807, 2.05) is 11.8 Å². The normalized spacial score (nSPS) is 37.8. The zero-order chi connectivity index (χ0) is 9.47. The van der Waals surface area contributed by atoms with Crippen molar-refractivity contribution < 1.29 is 4.79 Å². The van der Waals surface area contributed by atoms with Crippen molar-refractivity contribution in [3.8, 4) is 0 Å². The van der Waals surface area contributed by atoms with Crippen LogP contribution in [0.4, 0.5) is 0 Å². The van der Waals surface area contributed by atoms with Gasteiger partial charge in [0.1, 0.15) is 0 Å². The lowest BCUT2D eigenvalue weighted by Gasteiger charge is -2.38. The molecule has 2 atom stereocenters. The number of carbonyl (C=O) groups excluding carboxylic acids is 1. The molecule has 2 fully saturated rings. The molecule has 2 rings (SSSR count). The maximum absolute atomic E-state index is 11.5. The predicted molar refractivity (Wildman–Crippen MR) is 55.8 cm³/mol. The number of hydrogen-bond acceptors (Lipinski definition) is 2. The second-order valence-electron chi connectivity index (χ2n) is 4.30. The lowest BCUT2D eigenvalue weighted by atomic mass is 9.70. The molecule has 0 aromatic carbocycles. The minimum Gasteiger partial charge on any atom is -0.353 e. The largest absolute Gasteiger partial charge is 0.353 e. The lowest BCUT2D eigenvalue weighted by Crippen LogP contribution is -2.39. The van der Waals surface area contributed by atoms with Gasteiger partial charge in [-0.1, -0.05) is 6.92 Å². The number of thioether (sulfide) groups is 1. The van der Waals surface area contributed by atoms with Crippen molar-refractivity contribution in [3.63, 3.8) is 0 Å². The van der Waals surface area contributed by atoms with Crippen molar-refractivity contribution >= 4 is 17.7 Å². The van der Waals surface area contributed by atoms with Gasteiger partial charge in [-0.05, 0) is 31.3 Å². The molecular formula is C10H17NOS. The van der Waals surface area contributed by atoms with Gasteiger partial charge in [0.2, 0.25) is 5.91 Å². The molecule has 3 heteroatoms. The van der Waals surface area contributed by atoms with Crippen molar-refractivity contribution in [1.29, 1.82) is 0 Å². The smallest absolute Gasteiger partial charge is 0.223 e. The van der Waals surface area contributed by atoms with Crippen LogP contribution in [0.3, 0.4) is 0 Å². The molecule has 2 aliphatic rings. The molecule has 0 bridgehead atoms. The van der Waals surface area contributed by atoms with E-state index >= 15 is 0 Å². The van der Waals surface area contributed by atoms with E-state index in [1.165, 1.54) is 24.3 Å². The average Bonchev–Trinajstić information content (AvgIpc) is 2.34. The molecule has 1 spiro atoms. The summed E-state index contributed by atoms with van der Waals surface area (Å²) in [5, 5.41) is 3.08. The first-order chi connectivity index (χ1) is 6.17. The Bertz CT molecular complexity index is 223. The van der Waals surface area contributed by atoms with Crippen LogP contribution in [0.5, 0.6) is 0 Å². The Kier molecular flexibility index (Phi) is 2.30. The maximum Gasteiger partial charge on any atom is 0.223 e. The average molecular weight is 199 g/mol. The summed E-state index contributed by atoms with van der Waals surface area (Å²) in [5.74, 6) is 2.94. The van der Waals surface area contributed by atoms with Crippen molar-refractivity contribution in [1.82, 2.24) is 5.32 Å². The summed E-state index contributed by atoms with van der Waals surface area (Å²) in [5.41, 5.74) is 0.280. The van der Waals surface area contributed by atoms with Gasteiger partial charge >= 0.3 is 0 Å². The van der Waals surface area contributed by atoms with E-state index in [-0.39, 0.29) is 17.2 Å². The van der Waals surface area contributed by atoms with Crippen molar-refractivity contribution in [2.75, 3.05) is 11.5 Å². The van der Waals surface area contributed by atoms with E-state index in [0.29, 0.717) is 6.04 Å². The monoisotopic (exact) mass is 199 g/mol. The van der Waals surface area contributed by atoms with E-state index in [4.69, 9.17) is 0 Å². The molecule has 74 valence electrons. The van der Waals surface area contributed by atoms with Crippen LogP contribution >= 0.6 is 11.8 Å². The molecule has 13 heavy (non-hydrogen) atoms. The first kappa shape index (κ1) is 9.38. The predicted octanol–water partition coefficient (Wildman–Crippen LogP) is 1.65. The third-order valence-electron chi connectivity index (χ3n) is 3.90. The number of nitrogens with one attached hydrogen (secondary N) is 1. The molecule has 2 aliphatic heterocycles. The van der Waals surface area contributed by atoms with E-state index in [0.717, 1.165) is 0 Å². The Morgan fingerprint density at radius 3 is 2.46 bits per heavy atom. The van der Waals surface area contributed by atoms with Gasteiger partial charge in [-0.25, -0.2) is 0 Å². The van der Waals surface area contributed by atoms with Crippen LogP contribution in [0, 0.1) is 11.3 Å². The summed E-state index contributed by atoms with van der Waals surface area (Å²) < 4.78 is 0. The fraction of sp³-hybridized carbons (Fsp3) is 0.900. The highest BCUT2D eigenvalue weighted by Gasteiger charge is 2.50.